The molecule has 0 fully saturated rings. The van der Waals surface area contributed by atoms with E-state index >= 15 is 0 Å². The van der Waals surface area contributed by atoms with Gasteiger partial charge in [0.2, 0.25) is 0 Å². The highest BCUT2D eigenvalue weighted by Gasteiger charge is 2.37. The van der Waals surface area contributed by atoms with Crippen molar-refractivity contribution in [3.63, 3.8) is 0 Å². The van der Waals surface area contributed by atoms with E-state index in [-0.39, 0.29) is 0 Å². The first-order valence-corrected chi connectivity index (χ1v) is 12.9. The molecule has 1 aliphatic heterocycles. The van der Waals surface area contributed by atoms with Crippen LogP contribution in [0.3, 0.4) is 0 Å². The number of methoxy groups -OCH3 is 2. The van der Waals surface area contributed by atoms with Crippen molar-refractivity contribution in [3.8, 4) is 0 Å². The molecule has 0 atom stereocenters. The minimum Gasteiger partial charge on any atom is -0.468 e. The van der Waals surface area contributed by atoms with E-state index in [9.17, 15) is 9.59 Å². The van der Waals surface area contributed by atoms with Crippen LogP contribution >= 0.6 is 0 Å². The molecule has 0 radical (unpaired) electrons. The summed E-state index contributed by atoms with van der Waals surface area (Å²) in [6.07, 6.45) is 0. The van der Waals surface area contributed by atoms with E-state index in [1.54, 1.807) is 0 Å². The van der Waals surface area contributed by atoms with Crippen LogP contribution in [0.4, 0.5) is 46.3 Å². The second-order valence-electron chi connectivity index (χ2n) is 9.49. The first kappa shape index (κ1) is 27.4. The fourth-order valence-corrected chi connectivity index (χ4v) is 4.83. The Balaban J connectivity index is 1.82. The normalized spacial score (nSPS) is 12.9. The van der Waals surface area contributed by atoms with Crippen LogP contribution in [0.2, 0.25) is 0 Å². The van der Waals surface area contributed by atoms with Crippen molar-refractivity contribution in [3.05, 3.63) is 78.4 Å². The smallest absolute Gasteiger partial charge is 0.324 e. The second kappa shape index (κ2) is 11.1. The predicted octanol–water partition coefficient (Wildman–Crippen LogP) is 4.69. The minimum absolute atomic E-state index is 0.399. The number of rotatable bonds is 3. The fraction of sp³-hybridized carbons (Fsp3) is 0.233. The quantitative estimate of drug-likeness (QED) is 0.261. The summed E-state index contributed by atoms with van der Waals surface area (Å²) in [5.74, 6) is 1.03. The van der Waals surface area contributed by atoms with Crippen molar-refractivity contribution in [2.45, 2.75) is 5.92 Å². The summed E-state index contributed by atoms with van der Waals surface area (Å²) in [5, 5.41) is 0. The summed E-state index contributed by atoms with van der Waals surface area (Å²) >= 11 is 0. The molecule has 5 rings (SSSR count). The van der Waals surface area contributed by atoms with Crippen LogP contribution in [0.15, 0.2) is 72.8 Å². The molecule has 0 amide bonds. The van der Waals surface area contributed by atoms with E-state index in [4.69, 9.17) is 24.4 Å². The Bertz CT molecular complexity index is 1500. The van der Waals surface area contributed by atoms with Crippen LogP contribution < -0.4 is 19.6 Å². The first-order valence-electron chi connectivity index (χ1n) is 12.9. The van der Waals surface area contributed by atoms with E-state index in [0.717, 1.165) is 0 Å². The van der Waals surface area contributed by atoms with Gasteiger partial charge in [-0.3, -0.25) is 9.59 Å². The molecule has 3 aromatic heterocycles. The van der Waals surface area contributed by atoms with Crippen LogP contribution in [0.1, 0.15) is 11.5 Å². The SMILES string of the molecule is COC(=O)C(C(=O)OC)c1c2cccc1N(C)c1cccc(n1)N(C)c1cccc(n1)N(C)c1cccc(n1)N2C. The number of pyridine rings is 3. The van der Waals surface area contributed by atoms with Gasteiger partial charge in [-0.15, -0.1) is 0 Å². The number of aromatic nitrogens is 3. The summed E-state index contributed by atoms with van der Waals surface area (Å²) in [6.45, 7) is 0. The zero-order valence-electron chi connectivity index (χ0n) is 23.8. The largest absolute Gasteiger partial charge is 0.468 e. The maximum absolute atomic E-state index is 13.1. The number of carbonyl (C=O) groups excluding carboxylic acids is 2. The van der Waals surface area contributed by atoms with E-state index in [1.165, 1.54) is 14.2 Å². The lowest BCUT2D eigenvalue weighted by atomic mass is 9.94. The van der Waals surface area contributed by atoms with Gasteiger partial charge in [0.15, 0.2) is 5.92 Å². The van der Waals surface area contributed by atoms with Crippen LogP contribution in [0.5, 0.6) is 0 Å². The molecule has 0 N–H and O–H groups in total. The molecule has 0 saturated carbocycles. The van der Waals surface area contributed by atoms with Crippen molar-refractivity contribution >= 4 is 58.2 Å². The number of esters is 2. The van der Waals surface area contributed by atoms with Gasteiger partial charge in [0.05, 0.1) is 14.2 Å². The van der Waals surface area contributed by atoms with Gasteiger partial charge in [0, 0.05) is 45.1 Å². The Morgan fingerprint density at radius 2 is 0.829 bits per heavy atom. The van der Waals surface area contributed by atoms with E-state index < -0.39 is 17.9 Å². The van der Waals surface area contributed by atoms with Gasteiger partial charge in [0.1, 0.15) is 34.9 Å². The maximum atomic E-state index is 13.1. The average Bonchev–Trinajstić information content (AvgIpc) is 3.03. The lowest BCUT2D eigenvalue weighted by Crippen LogP contribution is -2.29. The number of nitrogens with zero attached hydrogens (tertiary/aromatic N) is 7. The van der Waals surface area contributed by atoms with E-state index in [1.807, 2.05) is 121 Å². The van der Waals surface area contributed by atoms with Gasteiger partial charge >= 0.3 is 11.9 Å². The van der Waals surface area contributed by atoms with Crippen molar-refractivity contribution in [1.29, 1.82) is 0 Å². The molecule has 11 nitrogen and oxygen atoms in total. The molecule has 210 valence electrons. The number of ether oxygens (including phenoxy) is 2. The molecule has 0 saturated heterocycles. The zero-order valence-corrected chi connectivity index (χ0v) is 23.8. The predicted molar refractivity (Wildman–Crippen MR) is 158 cm³/mol. The number of anilines is 8. The zero-order chi connectivity index (χ0) is 29.3. The van der Waals surface area contributed by atoms with Gasteiger partial charge < -0.3 is 29.1 Å². The fourth-order valence-electron chi connectivity index (χ4n) is 4.83. The van der Waals surface area contributed by atoms with Crippen LogP contribution in [0.25, 0.3) is 0 Å². The lowest BCUT2D eigenvalue weighted by Gasteiger charge is -2.31. The average molecular weight is 554 g/mol. The Morgan fingerprint density at radius 3 is 1.15 bits per heavy atom. The molecule has 1 aliphatic rings. The van der Waals surface area contributed by atoms with Crippen molar-refractivity contribution in [1.82, 2.24) is 15.0 Å². The Kier molecular flexibility index (Phi) is 7.43. The third-order valence-electron chi connectivity index (χ3n) is 7.17. The molecular formula is C30H31N7O4. The third kappa shape index (κ3) is 4.97. The highest BCUT2D eigenvalue weighted by atomic mass is 16.5. The Labute approximate surface area is 238 Å². The summed E-state index contributed by atoms with van der Waals surface area (Å²) in [6, 6.07) is 22.6. The molecular weight excluding hydrogens is 522 g/mol. The number of carbonyl (C=O) groups is 2. The molecule has 1 aromatic carbocycles. The monoisotopic (exact) mass is 553 g/mol. The Hall–Kier alpha value is -5.19. The first-order chi connectivity index (χ1) is 19.7. The topological polar surface area (TPSA) is 104 Å². The second-order valence-corrected chi connectivity index (χ2v) is 9.49. The van der Waals surface area contributed by atoms with E-state index in [2.05, 4.69) is 0 Å². The molecule has 0 unspecified atom stereocenters. The van der Waals surface area contributed by atoms with E-state index in [0.29, 0.717) is 51.8 Å². The summed E-state index contributed by atoms with van der Waals surface area (Å²) in [7, 11) is 9.94. The Morgan fingerprint density at radius 1 is 0.537 bits per heavy atom. The van der Waals surface area contributed by atoms with Gasteiger partial charge in [-0.2, -0.15) is 0 Å². The summed E-state index contributed by atoms with van der Waals surface area (Å²) in [5.41, 5.74) is 1.54. The number of fused-ring (bicyclic) bond motifs is 8. The van der Waals surface area contributed by atoms with Crippen molar-refractivity contribution < 1.29 is 19.1 Å². The molecule has 0 spiro atoms. The van der Waals surface area contributed by atoms with Crippen LogP contribution in [-0.4, -0.2) is 69.3 Å². The van der Waals surface area contributed by atoms with Crippen molar-refractivity contribution in [2.24, 2.45) is 0 Å². The van der Waals surface area contributed by atoms with Crippen molar-refractivity contribution in [2.75, 3.05) is 62.0 Å². The number of hydrogen-bond acceptors (Lipinski definition) is 11. The van der Waals surface area contributed by atoms with Crippen LogP contribution in [-0.2, 0) is 19.1 Å². The van der Waals surface area contributed by atoms with Gasteiger partial charge in [-0.1, -0.05) is 24.3 Å². The number of hydrogen-bond donors (Lipinski definition) is 0. The maximum Gasteiger partial charge on any atom is 0.324 e. The highest BCUT2D eigenvalue weighted by Crippen LogP contribution is 2.41. The summed E-state index contributed by atoms with van der Waals surface area (Å²) < 4.78 is 10.2. The molecule has 4 heterocycles. The third-order valence-corrected chi connectivity index (χ3v) is 7.17. The molecule has 8 bridgehead atoms. The van der Waals surface area contributed by atoms with Crippen LogP contribution in [0, 0.1) is 0 Å². The standard InChI is InChI=1S/C30H31N7O4/c1-34-19-11-7-12-20(27(19)28(29(38)40-5)30(39)41-6)35(2)22-14-9-16-24(32-22)37(4)26-18-10-17-25(33-26)36(3)23-15-8-13-21(34)31-23/h7-18,28H,1-6H3. The summed E-state index contributed by atoms with van der Waals surface area (Å²) in [4.78, 5) is 48.4. The lowest BCUT2D eigenvalue weighted by molar-refractivity contribution is -0.154. The minimum atomic E-state index is -1.36. The van der Waals surface area contributed by atoms with Gasteiger partial charge in [-0.05, 0) is 48.5 Å². The highest BCUT2D eigenvalue weighted by molar-refractivity contribution is 6.04. The number of benzene rings is 1. The van der Waals surface area contributed by atoms with Gasteiger partial charge in [0.25, 0.3) is 0 Å². The molecule has 4 aromatic rings. The molecule has 41 heavy (non-hydrogen) atoms. The molecule has 11 heteroatoms. The van der Waals surface area contributed by atoms with Gasteiger partial charge in [-0.25, -0.2) is 15.0 Å². The molecule has 0 aliphatic carbocycles.